The summed E-state index contributed by atoms with van der Waals surface area (Å²) in [5.41, 5.74) is 0. The fourth-order valence-corrected chi connectivity index (χ4v) is 7.46. The van der Waals surface area contributed by atoms with Crippen LogP contribution in [0.15, 0.2) is 48.6 Å². The molecule has 0 aromatic rings. The zero-order chi connectivity index (χ0) is 43.5. The van der Waals surface area contributed by atoms with Crippen LogP contribution in [-0.4, -0.2) is 37.9 Å². The van der Waals surface area contributed by atoms with E-state index in [2.05, 4.69) is 69.4 Å². The molecule has 1 unspecified atom stereocenters. The zero-order valence-corrected chi connectivity index (χ0v) is 40.2. The third-order valence-corrected chi connectivity index (χ3v) is 11.3. The third kappa shape index (κ3) is 48.5. The fourth-order valence-electron chi connectivity index (χ4n) is 7.46. The third-order valence-electron chi connectivity index (χ3n) is 11.3. The van der Waals surface area contributed by atoms with Crippen LogP contribution in [0.3, 0.4) is 0 Å². The number of hydrogen-bond donors (Lipinski definition) is 0. The lowest BCUT2D eigenvalue weighted by molar-refractivity contribution is -0.163. The van der Waals surface area contributed by atoms with Gasteiger partial charge in [-0.15, -0.1) is 0 Å². The van der Waals surface area contributed by atoms with Crippen molar-refractivity contribution >= 4 is 11.9 Å². The molecule has 350 valence electrons. The van der Waals surface area contributed by atoms with Crippen molar-refractivity contribution in [2.75, 3.05) is 19.8 Å². The molecule has 0 saturated heterocycles. The van der Waals surface area contributed by atoms with Gasteiger partial charge in [0, 0.05) is 19.4 Å². The largest absolute Gasteiger partial charge is 0.462 e. The number of esters is 2. The maximum atomic E-state index is 12.8. The highest BCUT2D eigenvalue weighted by atomic mass is 16.6. The van der Waals surface area contributed by atoms with Gasteiger partial charge in [0.1, 0.15) is 6.61 Å². The second kappa shape index (κ2) is 51.2. The van der Waals surface area contributed by atoms with Crippen molar-refractivity contribution in [3.05, 3.63) is 48.6 Å². The Hall–Kier alpha value is -2.14. The Labute approximate surface area is 373 Å². The Kier molecular flexibility index (Phi) is 49.4. The molecule has 0 aliphatic rings. The molecule has 0 aromatic carbocycles. The molecule has 0 spiro atoms. The van der Waals surface area contributed by atoms with Gasteiger partial charge in [-0.05, 0) is 77.0 Å². The lowest BCUT2D eigenvalue weighted by atomic mass is 10.0. The van der Waals surface area contributed by atoms with Gasteiger partial charge in [0.2, 0.25) is 0 Å². The van der Waals surface area contributed by atoms with Gasteiger partial charge in [-0.25, -0.2) is 0 Å². The summed E-state index contributed by atoms with van der Waals surface area (Å²) in [5, 5.41) is 0. The SMILES string of the molecule is CC/C=C\C/C=C\C/C=C\CCCCCCCCCCOCC(COC(=O)CCCCCCC/C=C\CCCCCC)OC(=O)CCCCCCCCCCCCCCC. The Balaban J connectivity index is 4.25. The van der Waals surface area contributed by atoms with Gasteiger partial charge in [-0.2, -0.15) is 0 Å². The van der Waals surface area contributed by atoms with Crippen molar-refractivity contribution in [1.82, 2.24) is 0 Å². The Morgan fingerprint density at radius 1 is 0.383 bits per heavy atom. The summed E-state index contributed by atoms with van der Waals surface area (Å²) >= 11 is 0. The molecule has 0 heterocycles. The summed E-state index contributed by atoms with van der Waals surface area (Å²) in [6, 6.07) is 0. The van der Waals surface area contributed by atoms with Crippen LogP contribution >= 0.6 is 0 Å². The predicted octanol–water partition coefficient (Wildman–Crippen LogP) is 17.6. The van der Waals surface area contributed by atoms with Crippen molar-refractivity contribution in [2.24, 2.45) is 0 Å². The van der Waals surface area contributed by atoms with Gasteiger partial charge in [0.25, 0.3) is 0 Å². The van der Waals surface area contributed by atoms with Crippen LogP contribution in [0.5, 0.6) is 0 Å². The molecule has 0 aromatic heterocycles. The highest BCUT2D eigenvalue weighted by Crippen LogP contribution is 2.15. The summed E-state index contributed by atoms with van der Waals surface area (Å²) in [5.74, 6) is -0.401. The molecule has 0 fully saturated rings. The first-order chi connectivity index (χ1) is 29.6. The lowest BCUT2D eigenvalue weighted by Gasteiger charge is -2.18. The van der Waals surface area contributed by atoms with Crippen LogP contribution in [0, 0.1) is 0 Å². The van der Waals surface area contributed by atoms with E-state index in [0.29, 0.717) is 19.4 Å². The molecule has 0 aliphatic heterocycles. The van der Waals surface area contributed by atoms with Gasteiger partial charge in [-0.3, -0.25) is 9.59 Å². The minimum absolute atomic E-state index is 0.0811. The van der Waals surface area contributed by atoms with Gasteiger partial charge in [-0.1, -0.05) is 223 Å². The number of allylic oxidation sites excluding steroid dienone is 8. The van der Waals surface area contributed by atoms with Crippen LogP contribution < -0.4 is 0 Å². The Morgan fingerprint density at radius 3 is 1.23 bits per heavy atom. The molecule has 0 rings (SSSR count). The van der Waals surface area contributed by atoms with E-state index < -0.39 is 6.10 Å². The molecular weight excluding hydrogens is 741 g/mol. The van der Waals surface area contributed by atoms with Crippen LogP contribution in [-0.2, 0) is 23.8 Å². The maximum absolute atomic E-state index is 12.8. The maximum Gasteiger partial charge on any atom is 0.306 e. The topological polar surface area (TPSA) is 61.8 Å². The summed E-state index contributed by atoms with van der Waals surface area (Å²) in [6.07, 6.45) is 62.6. The molecule has 5 heteroatoms. The Bertz CT molecular complexity index is 997. The van der Waals surface area contributed by atoms with E-state index in [0.717, 1.165) is 70.6 Å². The molecular formula is C55H100O5. The zero-order valence-electron chi connectivity index (χ0n) is 40.2. The standard InChI is InChI=1S/C55H100O5/c1-4-7-10-13-16-19-22-25-26-27-28-29-32-35-38-41-44-47-50-58-51-53(60-55(57)49-46-43-40-37-34-31-24-21-18-15-12-9-6-3)52-59-54(56)48-45-42-39-36-33-30-23-20-17-14-11-8-5-2/h7,10,16,19-20,23,25-26,53H,4-6,8-9,11-15,17-18,21-22,24,27-52H2,1-3H3/b10-7-,19-16-,23-20-,26-25-. The van der Waals surface area contributed by atoms with E-state index in [1.807, 2.05) is 0 Å². The minimum atomic E-state index is -0.539. The lowest BCUT2D eigenvalue weighted by Crippen LogP contribution is -2.30. The predicted molar refractivity (Wildman–Crippen MR) is 261 cm³/mol. The van der Waals surface area contributed by atoms with E-state index in [1.165, 1.54) is 161 Å². The molecule has 60 heavy (non-hydrogen) atoms. The van der Waals surface area contributed by atoms with E-state index in [1.54, 1.807) is 0 Å². The molecule has 0 bridgehead atoms. The van der Waals surface area contributed by atoms with Crippen molar-refractivity contribution in [3.8, 4) is 0 Å². The molecule has 0 radical (unpaired) electrons. The van der Waals surface area contributed by atoms with Crippen LogP contribution in [0.4, 0.5) is 0 Å². The summed E-state index contributed by atoms with van der Waals surface area (Å²) in [6.45, 7) is 7.71. The quantitative estimate of drug-likeness (QED) is 0.0347. The smallest absolute Gasteiger partial charge is 0.306 e. The number of carbonyl (C=O) groups is 2. The van der Waals surface area contributed by atoms with E-state index >= 15 is 0 Å². The highest BCUT2D eigenvalue weighted by molar-refractivity contribution is 5.70. The molecule has 0 amide bonds. The summed E-state index contributed by atoms with van der Waals surface area (Å²) < 4.78 is 17.4. The number of rotatable bonds is 48. The van der Waals surface area contributed by atoms with Gasteiger partial charge in [0.15, 0.2) is 6.10 Å². The summed E-state index contributed by atoms with van der Waals surface area (Å²) in [4.78, 5) is 25.4. The summed E-state index contributed by atoms with van der Waals surface area (Å²) in [7, 11) is 0. The van der Waals surface area contributed by atoms with Crippen LogP contribution in [0.25, 0.3) is 0 Å². The first-order valence-corrected chi connectivity index (χ1v) is 26.2. The first kappa shape index (κ1) is 57.9. The van der Waals surface area contributed by atoms with Gasteiger partial charge >= 0.3 is 11.9 Å². The second-order valence-corrected chi connectivity index (χ2v) is 17.4. The van der Waals surface area contributed by atoms with Crippen molar-refractivity contribution in [3.63, 3.8) is 0 Å². The van der Waals surface area contributed by atoms with Crippen LogP contribution in [0.2, 0.25) is 0 Å². The first-order valence-electron chi connectivity index (χ1n) is 26.2. The van der Waals surface area contributed by atoms with E-state index in [4.69, 9.17) is 14.2 Å². The normalized spacial score (nSPS) is 12.5. The number of carbonyl (C=O) groups excluding carboxylic acids is 2. The number of unbranched alkanes of at least 4 members (excludes halogenated alkanes) is 29. The average molecular weight is 841 g/mol. The van der Waals surface area contributed by atoms with Crippen molar-refractivity contribution in [2.45, 2.75) is 271 Å². The fraction of sp³-hybridized carbons (Fsp3) is 0.818. The Morgan fingerprint density at radius 2 is 0.750 bits per heavy atom. The number of hydrogen-bond acceptors (Lipinski definition) is 5. The number of ether oxygens (including phenoxy) is 3. The monoisotopic (exact) mass is 841 g/mol. The second-order valence-electron chi connectivity index (χ2n) is 17.4. The molecule has 0 aliphatic carbocycles. The molecule has 5 nitrogen and oxygen atoms in total. The van der Waals surface area contributed by atoms with Crippen molar-refractivity contribution < 1.29 is 23.8 Å². The molecule has 1 atom stereocenters. The van der Waals surface area contributed by atoms with E-state index in [-0.39, 0.29) is 25.2 Å². The molecule has 0 N–H and O–H groups in total. The van der Waals surface area contributed by atoms with Crippen molar-refractivity contribution in [1.29, 1.82) is 0 Å². The van der Waals surface area contributed by atoms with Crippen LogP contribution in [0.1, 0.15) is 265 Å². The highest BCUT2D eigenvalue weighted by Gasteiger charge is 2.17. The van der Waals surface area contributed by atoms with Gasteiger partial charge in [0.05, 0.1) is 6.61 Å². The average Bonchev–Trinajstić information content (AvgIpc) is 3.25. The molecule has 0 saturated carbocycles. The van der Waals surface area contributed by atoms with Gasteiger partial charge < -0.3 is 14.2 Å². The minimum Gasteiger partial charge on any atom is -0.462 e. The van der Waals surface area contributed by atoms with E-state index in [9.17, 15) is 9.59 Å².